The molecule has 0 saturated heterocycles. The second kappa shape index (κ2) is 3.67. The minimum absolute atomic E-state index is 0.133. The molecular formula is C7H8ClIN2. The highest BCUT2D eigenvalue weighted by Crippen LogP contribution is 2.24. The van der Waals surface area contributed by atoms with Crippen molar-refractivity contribution in [2.45, 2.75) is 17.2 Å². The fourth-order valence-corrected chi connectivity index (χ4v) is 1.23. The van der Waals surface area contributed by atoms with E-state index in [0.29, 0.717) is 5.82 Å². The molecule has 60 valence electrons. The molecule has 0 amide bonds. The summed E-state index contributed by atoms with van der Waals surface area (Å²) in [5.41, 5.74) is 1.93. The van der Waals surface area contributed by atoms with E-state index in [1.807, 2.05) is 19.9 Å². The molecule has 1 aromatic rings. The van der Waals surface area contributed by atoms with Gasteiger partial charge in [0.1, 0.15) is 3.38 Å². The van der Waals surface area contributed by atoms with Gasteiger partial charge in [0.15, 0.2) is 5.82 Å². The summed E-state index contributed by atoms with van der Waals surface area (Å²) in [6, 6.07) is 1.93. The maximum absolute atomic E-state index is 5.81. The molecule has 0 spiro atoms. The SMILES string of the molecule is Cc1cc(C)nc(C(Cl)I)n1. The molecule has 0 fully saturated rings. The van der Waals surface area contributed by atoms with E-state index in [0.717, 1.165) is 11.4 Å². The van der Waals surface area contributed by atoms with Crippen LogP contribution in [0.15, 0.2) is 6.07 Å². The van der Waals surface area contributed by atoms with Gasteiger partial charge in [-0.25, -0.2) is 9.97 Å². The van der Waals surface area contributed by atoms with Gasteiger partial charge in [-0.05, 0) is 19.9 Å². The molecule has 0 bridgehead atoms. The van der Waals surface area contributed by atoms with Crippen molar-refractivity contribution >= 4 is 34.2 Å². The number of hydrogen-bond acceptors (Lipinski definition) is 2. The van der Waals surface area contributed by atoms with Crippen LogP contribution in [0.4, 0.5) is 0 Å². The lowest BCUT2D eigenvalue weighted by atomic mass is 10.3. The Bertz CT molecular complexity index is 242. The molecule has 0 aliphatic carbocycles. The largest absolute Gasteiger partial charge is 0.236 e. The molecule has 0 aliphatic rings. The van der Waals surface area contributed by atoms with Crippen LogP contribution >= 0.6 is 34.2 Å². The summed E-state index contributed by atoms with van der Waals surface area (Å²) >= 11 is 7.89. The Hall–Kier alpha value is 0.1000. The van der Waals surface area contributed by atoms with Crippen LogP contribution in [0, 0.1) is 13.8 Å². The van der Waals surface area contributed by atoms with Gasteiger partial charge in [0, 0.05) is 11.4 Å². The van der Waals surface area contributed by atoms with Crippen LogP contribution in [0.25, 0.3) is 0 Å². The Labute approximate surface area is 84.5 Å². The highest BCUT2D eigenvalue weighted by atomic mass is 127. The third kappa shape index (κ3) is 2.56. The number of aromatic nitrogens is 2. The van der Waals surface area contributed by atoms with Crippen LogP contribution in [0.5, 0.6) is 0 Å². The van der Waals surface area contributed by atoms with E-state index < -0.39 is 0 Å². The van der Waals surface area contributed by atoms with Crippen LogP contribution in [0.1, 0.15) is 20.6 Å². The van der Waals surface area contributed by atoms with E-state index in [-0.39, 0.29) is 3.38 Å². The van der Waals surface area contributed by atoms with Crippen LogP contribution in [-0.2, 0) is 0 Å². The lowest BCUT2D eigenvalue weighted by Gasteiger charge is -2.02. The minimum atomic E-state index is -0.133. The lowest BCUT2D eigenvalue weighted by Crippen LogP contribution is -1.97. The smallest absolute Gasteiger partial charge is 0.156 e. The van der Waals surface area contributed by atoms with Gasteiger partial charge in [-0.1, -0.05) is 22.6 Å². The van der Waals surface area contributed by atoms with E-state index in [4.69, 9.17) is 11.6 Å². The molecule has 0 saturated carbocycles. The van der Waals surface area contributed by atoms with E-state index in [2.05, 4.69) is 32.6 Å². The molecule has 0 aliphatic heterocycles. The standard InChI is InChI=1S/C7H8ClIN2/c1-4-3-5(2)11-7(10-4)6(8)9/h3,6H,1-2H3. The summed E-state index contributed by atoms with van der Waals surface area (Å²) in [5.74, 6) is 0.699. The Morgan fingerprint density at radius 3 is 2.18 bits per heavy atom. The highest BCUT2D eigenvalue weighted by Gasteiger charge is 2.06. The van der Waals surface area contributed by atoms with E-state index in [1.165, 1.54) is 0 Å². The van der Waals surface area contributed by atoms with Crippen LogP contribution < -0.4 is 0 Å². The molecule has 11 heavy (non-hydrogen) atoms. The van der Waals surface area contributed by atoms with Gasteiger partial charge >= 0.3 is 0 Å². The molecule has 0 aromatic carbocycles. The number of halogens is 2. The Morgan fingerprint density at radius 2 is 1.82 bits per heavy atom. The van der Waals surface area contributed by atoms with Crippen molar-refractivity contribution in [3.05, 3.63) is 23.3 Å². The second-order valence-electron chi connectivity index (χ2n) is 2.31. The van der Waals surface area contributed by atoms with Gasteiger partial charge in [-0.3, -0.25) is 0 Å². The van der Waals surface area contributed by atoms with Crippen molar-refractivity contribution in [1.82, 2.24) is 9.97 Å². The average Bonchev–Trinajstić information content (AvgIpc) is 1.85. The van der Waals surface area contributed by atoms with Gasteiger partial charge in [-0.2, -0.15) is 0 Å². The van der Waals surface area contributed by atoms with Gasteiger partial charge in [-0.15, -0.1) is 11.6 Å². The van der Waals surface area contributed by atoms with Crippen molar-refractivity contribution in [2.24, 2.45) is 0 Å². The van der Waals surface area contributed by atoms with E-state index in [9.17, 15) is 0 Å². The lowest BCUT2D eigenvalue weighted by molar-refractivity contribution is 0.962. The fraction of sp³-hybridized carbons (Fsp3) is 0.429. The van der Waals surface area contributed by atoms with Gasteiger partial charge in [0.05, 0.1) is 0 Å². The number of aryl methyl sites for hydroxylation is 2. The normalized spacial score (nSPS) is 13.1. The van der Waals surface area contributed by atoms with Crippen molar-refractivity contribution in [3.63, 3.8) is 0 Å². The monoisotopic (exact) mass is 282 g/mol. The summed E-state index contributed by atoms with van der Waals surface area (Å²) in [7, 11) is 0. The molecule has 0 N–H and O–H groups in total. The van der Waals surface area contributed by atoms with Gasteiger partial charge in [0.2, 0.25) is 0 Å². The topological polar surface area (TPSA) is 25.8 Å². The molecule has 1 unspecified atom stereocenters. The van der Waals surface area contributed by atoms with E-state index >= 15 is 0 Å². The molecule has 1 heterocycles. The summed E-state index contributed by atoms with van der Waals surface area (Å²) in [6.07, 6.45) is 0. The maximum atomic E-state index is 5.81. The van der Waals surface area contributed by atoms with Crippen LogP contribution in [-0.4, -0.2) is 9.97 Å². The fourth-order valence-electron chi connectivity index (χ4n) is 0.851. The number of alkyl halides is 2. The zero-order valence-corrected chi connectivity index (χ0v) is 9.22. The zero-order valence-electron chi connectivity index (χ0n) is 6.31. The summed E-state index contributed by atoms with van der Waals surface area (Å²) in [5, 5.41) is 0. The summed E-state index contributed by atoms with van der Waals surface area (Å²) in [4.78, 5) is 8.37. The Balaban J connectivity index is 3.08. The van der Waals surface area contributed by atoms with Gasteiger partial charge in [0.25, 0.3) is 0 Å². The van der Waals surface area contributed by atoms with Crippen molar-refractivity contribution in [1.29, 1.82) is 0 Å². The zero-order chi connectivity index (χ0) is 8.43. The predicted octanol–water partition coefficient (Wildman–Crippen LogP) is 2.77. The predicted molar refractivity (Wildman–Crippen MR) is 54.1 cm³/mol. The summed E-state index contributed by atoms with van der Waals surface area (Å²) < 4.78 is -0.133. The number of rotatable bonds is 1. The van der Waals surface area contributed by atoms with Crippen molar-refractivity contribution in [2.75, 3.05) is 0 Å². The molecule has 2 nitrogen and oxygen atoms in total. The first-order chi connectivity index (χ1) is 5.09. The van der Waals surface area contributed by atoms with Crippen molar-refractivity contribution < 1.29 is 0 Å². The first-order valence-corrected chi connectivity index (χ1v) is 4.88. The maximum Gasteiger partial charge on any atom is 0.156 e. The average molecular weight is 283 g/mol. The number of nitrogens with zero attached hydrogens (tertiary/aromatic N) is 2. The molecule has 1 aromatic heterocycles. The minimum Gasteiger partial charge on any atom is -0.236 e. The molecule has 1 atom stereocenters. The Morgan fingerprint density at radius 1 is 1.36 bits per heavy atom. The molecule has 0 radical (unpaired) electrons. The first kappa shape index (κ1) is 9.19. The molecule has 4 heteroatoms. The van der Waals surface area contributed by atoms with Crippen LogP contribution in [0.2, 0.25) is 0 Å². The summed E-state index contributed by atoms with van der Waals surface area (Å²) in [6.45, 7) is 3.88. The van der Waals surface area contributed by atoms with Crippen molar-refractivity contribution in [3.8, 4) is 0 Å². The Kier molecular flexibility index (Phi) is 3.06. The first-order valence-electron chi connectivity index (χ1n) is 3.20. The number of hydrogen-bond donors (Lipinski definition) is 0. The van der Waals surface area contributed by atoms with Gasteiger partial charge < -0.3 is 0 Å². The van der Waals surface area contributed by atoms with E-state index in [1.54, 1.807) is 0 Å². The third-order valence-electron chi connectivity index (χ3n) is 1.19. The molecular weight excluding hydrogens is 274 g/mol. The second-order valence-corrected chi connectivity index (χ2v) is 4.73. The molecule has 1 rings (SSSR count). The highest BCUT2D eigenvalue weighted by molar-refractivity contribution is 14.1. The third-order valence-corrected chi connectivity index (χ3v) is 1.95. The quantitative estimate of drug-likeness (QED) is 0.585. The van der Waals surface area contributed by atoms with Crippen LogP contribution in [0.3, 0.4) is 0 Å².